The molecule has 0 bridgehead atoms. The van der Waals surface area contributed by atoms with Crippen molar-refractivity contribution in [2.24, 2.45) is 0 Å². The van der Waals surface area contributed by atoms with Gasteiger partial charge in [-0.25, -0.2) is 4.39 Å². The fraction of sp³-hybridized carbons (Fsp3) is 0.571. The lowest BCUT2D eigenvalue weighted by molar-refractivity contribution is 0.422. The molecule has 0 aromatic heterocycles. The van der Waals surface area contributed by atoms with E-state index >= 15 is 0 Å². The molecule has 0 radical (unpaired) electrons. The molecule has 90 valence electrons. The summed E-state index contributed by atoms with van der Waals surface area (Å²) in [7, 11) is 0. The van der Waals surface area contributed by atoms with Crippen molar-refractivity contribution in [1.29, 1.82) is 0 Å². The third kappa shape index (κ3) is 3.60. The lowest BCUT2D eigenvalue weighted by Crippen LogP contribution is -2.37. The molecule has 0 fully saturated rings. The van der Waals surface area contributed by atoms with Crippen LogP contribution in [0.15, 0.2) is 24.3 Å². The first-order valence-corrected chi connectivity index (χ1v) is 5.95. The summed E-state index contributed by atoms with van der Waals surface area (Å²) in [6, 6.07) is 7.38. The van der Waals surface area contributed by atoms with Crippen molar-refractivity contribution in [2.75, 3.05) is 6.54 Å². The number of hydrogen-bond donors (Lipinski definition) is 1. The van der Waals surface area contributed by atoms with Crippen LogP contribution in [0.5, 0.6) is 0 Å². The molecule has 1 atom stereocenters. The van der Waals surface area contributed by atoms with Gasteiger partial charge in [0.05, 0.1) is 0 Å². The van der Waals surface area contributed by atoms with Crippen molar-refractivity contribution in [2.45, 2.75) is 45.6 Å². The second-order valence-corrected chi connectivity index (χ2v) is 5.08. The fourth-order valence-electron chi connectivity index (χ4n) is 1.59. The monoisotopic (exact) mass is 223 g/mol. The molecule has 1 rings (SSSR count). The average Bonchev–Trinajstić information content (AvgIpc) is 2.26. The highest BCUT2D eigenvalue weighted by Gasteiger charge is 2.21. The maximum absolute atomic E-state index is 13.1. The maximum Gasteiger partial charge on any atom is 0.123 e. The first kappa shape index (κ1) is 13.2. The molecule has 16 heavy (non-hydrogen) atoms. The average molecular weight is 223 g/mol. The first-order chi connectivity index (χ1) is 7.45. The zero-order valence-corrected chi connectivity index (χ0v) is 10.7. The molecule has 0 amide bonds. The molecule has 1 aromatic carbocycles. The lowest BCUT2D eigenvalue weighted by Gasteiger charge is -2.27. The van der Waals surface area contributed by atoms with Gasteiger partial charge in [0, 0.05) is 18.0 Å². The van der Waals surface area contributed by atoms with Gasteiger partial charge in [0.1, 0.15) is 5.82 Å². The van der Waals surface area contributed by atoms with Crippen LogP contribution in [0.2, 0.25) is 0 Å². The lowest BCUT2D eigenvalue weighted by atomic mass is 9.84. The van der Waals surface area contributed by atoms with Crippen molar-refractivity contribution in [3.63, 3.8) is 0 Å². The van der Waals surface area contributed by atoms with Crippen LogP contribution in [-0.2, 0) is 5.41 Å². The van der Waals surface area contributed by atoms with E-state index in [0.717, 1.165) is 18.5 Å². The molecular weight excluding hydrogens is 201 g/mol. The molecular formula is C14H22FN. The Kier molecular flexibility index (Phi) is 4.48. The Balaban J connectivity index is 2.69. The van der Waals surface area contributed by atoms with Gasteiger partial charge in [-0.05, 0) is 31.0 Å². The van der Waals surface area contributed by atoms with Crippen molar-refractivity contribution < 1.29 is 4.39 Å². The van der Waals surface area contributed by atoms with Gasteiger partial charge in [-0.1, -0.05) is 32.9 Å². The summed E-state index contributed by atoms with van der Waals surface area (Å²) in [6.45, 7) is 9.47. The SMILES string of the molecule is CCC(C)NCC(C)(C)c1cccc(F)c1. The van der Waals surface area contributed by atoms with Gasteiger partial charge in [-0.2, -0.15) is 0 Å². The van der Waals surface area contributed by atoms with Crippen LogP contribution in [0.3, 0.4) is 0 Å². The number of rotatable bonds is 5. The summed E-state index contributed by atoms with van der Waals surface area (Å²) in [5.74, 6) is -0.158. The minimum Gasteiger partial charge on any atom is -0.313 e. The molecule has 0 saturated carbocycles. The van der Waals surface area contributed by atoms with E-state index in [9.17, 15) is 4.39 Å². The fourth-order valence-corrected chi connectivity index (χ4v) is 1.59. The highest BCUT2D eigenvalue weighted by atomic mass is 19.1. The smallest absolute Gasteiger partial charge is 0.123 e. The third-order valence-corrected chi connectivity index (χ3v) is 3.11. The van der Waals surface area contributed by atoms with Gasteiger partial charge >= 0.3 is 0 Å². The first-order valence-electron chi connectivity index (χ1n) is 5.95. The topological polar surface area (TPSA) is 12.0 Å². The molecule has 0 aliphatic carbocycles. The Morgan fingerprint density at radius 1 is 1.38 bits per heavy atom. The zero-order valence-electron chi connectivity index (χ0n) is 10.7. The predicted octanol–water partition coefficient (Wildman–Crippen LogP) is 3.49. The Labute approximate surface area is 98.1 Å². The van der Waals surface area contributed by atoms with Gasteiger partial charge in [0.25, 0.3) is 0 Å². The van der Waals surface area contributed by atoms with Gasteiger partial charge < -0.3 is 5.32 Å². The predicted molar refractivity (Wildman–Crippen MR) is 67.2 cm³/mol. The summed E-state index contributed by atoms with van der Waals surface area (Å²) in [5, 5.41) is 3.47. The van der Waals surface area contributed by atoms with Gasteiger partial charge in [-0.15, -0.1) is 0 Å². The Hall–Kier alpha value is -0.890. The van der Waals surface area contributed by atoms with Crippen molar-refractivity contribution >= 4 is 0 Å². The Morgan fingerprint density at radius 2 is 2.06 bits per heavy atom. The minimum atomic E-state index is -0.158. The molecule has 1 N–H and O–H groups in total. The van der Waals surface area contributed by atoms with E-state index < -0.39 is 0 Å². The largest absolute Gasteiger partial charge is 0.313 e. The maximum atomic E-state index is 13.1. The second-order valence-electron chi connectivity index (χ2n) is 5.08. The molecule has 0 aliphatic rings. The normalized spacial score (nSPS) is 13.8. The zero-order chi connectivity index (χ0) is 12.2. The molecule has 1 nitrogen and oxygen atoms in total. The van der Waals surface area contributed by atoms with E-state index in [1.165, 1.54) is 6.07 Å². The summed E-state index contributed by atoms with van der Waals surface area (Å²) >= 11 is 0. The number of nitrogens with one attached hydrogen (secondary N) is 1. The number of benzene rings is 1. The van der Waals surface area contributed by atoms with Gasteiger partial charge in [-0.3, -0.25) is 0 Å². The minimum absolute atomic E-state index is 0.0362. The summed E-state index contributed by atoms with van der Waals surface area (Å²) in [6.07, 6.45) is 1.11. The van der Waals surface area contributed by atoms with Crippen molar-refractivity contribution in [3.05, 3.63) is 35.6 Å². The number of halogens is 1. The Morgan fingerprint density at radius 3 is 2.62 bits per heavy atom. The van der Waals surface area contributed by atoms with E-state index in [-0.39, 0.29) is 11.2 Å². The van der Waals surface area contributed by atoms with Crippen molar-refractivity contribution in [1.82, 2.24) is 5.32 Å². The molecule has 1 unspecified atom stereocenters. The van der Waals surface area contributed by atoms with Gasteiger partial charge in [0.2, 0.25) is 0 Å². The van der Waals surface area contributed by atoms with E-state index in [1.807, 2.05) is 6.07 Å². The van der Waals surface area contributed by atoms with Crippen LogP contribution in [0, 0.1) is 5.82 Å². The van der Waals surface area contributed by atoms with E-state index in [1.54, 1.807) is 12.1 Å². The molecule has 1 aromatic rings. The van der Waals surface area contributed by atoms with Crippen LogP contribution < -0.4 is 5.32 Å². The van der Waals surface area contributed by atoms with Crippen LogP contribution in [0.1, 0.15) is 39.7 Å². The van der Waals surface area contributed by atoms with Crippen LogP contribution >= 0.6 is 0 Å². The third-order valence-electron chi connectivity index (χ3n) is 3.11. The Bertz CT molecular complexity index is 333. The van der Waals surface area contributed by atoms with E-state index in [4.69, 9.17) is 0 Å². The van der Waals surface area contributed by atoms with Crippen LogP contribution in [0.4, 0.5) is 4.39 Å². The molecule has 0 saturated heterocycles. The number of hydrogen-bond acceptors (Lipinski definition) is 1. The summed E-state index contributed by atoms with van der Waals surface area (Å²) < 4.78 is 13.1. The van der Waals surface area contributed by atoms with Crippen molar-refractivity contribution in [3.8, 4) is 0 Å². The molecule has 0 heterocycles. The van der Waals surface area contributed by atoms with Crippen LogP contribution in [-0.4, -0.2) is 12.6 Å². The summed E-state index contributed by atoms with van der Waals surface area (Å²) in [4.78, 5) is 0. The highest BCUT2D eigenvalue weighted by Crippen LogP contribution is 2.23. The summed E-state index contributed by atoms with van der Waals surface area (Å²) in [5.41, 5.74) is 1.01. The van der Waals surface area contributed by atoms with E-state index in [2.05, 4.69) is 33.0 Å². The van der Waals surface area contributed by atoms with Crippen LogP contribution in [0.25, 0.3) is 0 Å². The van der Waals surface area contributed by atoms with Gasteiger partial charge in [0.15, 0.2) is 0 Å². The molecule has 2 heteroatoms. The molecule has 0 spiro atoms. The molecule has 0 aliphatic heterocycles. The standard InChI is InChI=1S/C14H22FN/c1-5-11(2)16-10-14(3,4)12-7-6-8-13(15)9-12/h6-9,11,16H,5,10H2,1-4H3. The van der Waals surface area contributed by atoms with E-state index in [0.29, 0.717) is 6.04 Å². The second kappa shape index (κ2) is 5.44. The highest BCUT2D eigenvalue weighted by molar-refractivity contribution is 5.24. The quantitative estimate of drug-likeness (QED) is 0.805.